The number of anilines is 1. The standard InChI is InChI=1S/C22H20N4O2/c27-21-8-6-15-5-7-17(14-19(15)24-21)25-9-11-26(12-10-25)22(28)20-13-16-3-1-2-4-18(16)23-20/h1-8,13-14,23H,9-12H2,(H,24,27). The maximum absolute atomic E-state index is 12.9. The smallest absolute Gasteiger partial charge is 0.270 e. The predicted octanol–water partition coefficient (Wildman–Crippen LogP) is 2.97. The summed E-state index contributed by atoms with van der Waals surface area (Å²) in [6.45, 7) is 2.85. The summed E-state index contributed by atoms with van der Waals surface area (Å²) in [6.07, 6.45) is 0. The van der Waals surface area contributed by atoms with Crippen LogP contribution in [0.1, 0.15) is 10.5 Å². The van der Waals surface area contributed by atoms with Gasteiger partial charge in [0, 0.05) is 48.8 Å². The van der Waals surface area contributed by atoms with E-state index in [1.807, 2.05) is 53.4 Å². The SMILES string of the molecule is O=C(c1cc2ccccc2[nH]1)N1CCN(c2ccc3ccc(=O)[nH]c3c2)CC1. The van der Waals surface area contributed by atoms with E-state index in [2.05, 4.69) is 20.9 Å². The van der Waals surface area contributed by atoms with Crippen LogP contribution in [0.4, 0.5) is 5.69 Å². The van der Waals surface area contributed by atoms with Crippen molar-refractivity contribution in [2.75, 3.05) is 31.1 Å². The van der Waals surface area contributed by atoms with Gasteiger partial charge in [-0.25, -0.2) is 0 Å². The van der Waals surface area contributed by atoms with E-state index in [0.29, 0.717) is 18.8 Å². The average Bonchev–Trinajstić information content (AvgIpc) is 3.17. The Kier molecular flexibility index (Phi) is 3.90. The summed E-state index contributed by atoms with van der Waals surface area (Å²) in [5, 5.41) is 2.06. The Bertz CT molecular complexity index is 1200. The van der Waals surface area contributed by atoms with Crippen molar-refractivity contribution in [1.29, 1.82) is 0 Å². The first-order valence-electron chi connectivity index (χ1n) is 9.42. The molecule has 6 nitrogen and oxygen atoms in total. The lowest BCUT2D eigenvalue weighted by atomic mass is 10.1. The minimum atomic E-state index is -0.0987. The summed E-state index contributed by atoms with van der Waals surface area (Å²) in [7, 11) is 0. The summed E-state index contributed by atoms with van der Waals surface area (Å²) in [4.78, 5) is 34.7. The van der Waals surface area contributed by atoms with Crippen LogP contribution in [0.25, 0.3) is 21.8 Å². The molecule has 1 saturated heterocycles. The molecule has 6 heteroatoms. The van der Waals surface area contributed by atoms with Crippen LogP contribution in [0.3, 0.4) is 0 Å². The predicted molar refractivity (Wildman–Crippen MR) is 111 cm³/mol. The zero-order chi connectivity index (χ0) is 19.1. The first kappa shape index (κ1) is 16.6. The molecule has 4 aromatic rings. The number of rotatable bonds is 2. The van der Waals surface area contributed by atoms with E-state index in [-0.39, 0.29) is 11.5 Å². The number of carbonyl (C=O) groups excluding carboxylic acids is 1. The largest absolute Gasteiger partial charge is 0.368 e. The van der Waals surface area contributed by atoms with Gasteiger partial charge in [-0.2, -0.15) is 0 Å². The van der Waals surface area contributed by atoms with Crippen molar-refractivity contribution in [2.45, 2.75) is 0 Å². The van der Waals surface area contributed by atoms with Gasteiger partial charge >= 0.3 is 0 Å². The number of aromatic amines is 2. The highest BCUT2D eigenvalue weighted by atomic mass is 16.2. The summed E-state index contributed by atoms with van der Waals surface area (Å²) < 4.78 is 0. The molecule has 2 N–H and O–H groups in total. The number of pyridine rings is 1. The van der Waals surface area contributed by atoms with Gasteiger partial charge in [0.25, 0.3) is 5.91 Å². The molecule has 0 aliphatic carbocycles. The van der Waals surface area contributed by atoms with Gasteiger partial charge in [-0.3, -0.25) is 9.59 Å². The van der Waals surface area contributed by atoms with Crippen LogP contribution in [-0.2, 0) is 0 Å². The van der Waals surface area contributed by atoms with Gasteiger partial charge in [-0.1, -0.05) is 24.3 Å². The molecule has 1 fully saturated rings. The number of nitrogens with one attached hydrogen (secondary N) is 2. The van der Waals surface area contributed by atoms with Gasteiger partial charge in [0.2, 0.25) is 5.56 Å². The third-order valence-corrected chi connectivity index (χ3v) is 5.40. The van der Waals surface area contributed by atoms with Gasteiger partial charge in [0.15, 0.2) is 0 Å². The monoisotopic (exact) mass is 372 g/mol. The Balaban J connectivity index is 1.31. The molecule has 0 unspecified atom stereocenters. The van der Waals surface area contributed by atoms with Crippen molar-refractivity contribution in [3.8, 4) is 0 Å². The second-order valence-electron chi connectivity index (χ2n) is 7.14. The normalized spacial score (nSPS) is 14.7. The van der Waals surface area contributed by atoms with Crippen LogP contribution in [0.5, 0.6) is 0 Å². The summed E-state index contributed by atoms with van der Waals surface area (Å²) in [5.41, 5.74) is 3.42. The highest BCUT2D eigenvalue weighted by molar-refractivity contribution is 5.98. The second kappa shape index (κ2) is 6.56. The molecular weight excluding hydrogens is 352 g/mol. The fraction of sp³-hybridized carbons (Fsp3) is 0.182. The van der Waals surface area contributed by atoms with Crippen LogP contribution in [0.15, 0.2) is 65.5 Å². The Morgan fingerprint density at radius 1 is 0.786 bits per heavy atom. The Labute approximate surface area is 161 Å². The van der Waals surface area contributed by atoms with Crippen molar-refractivity contribution in [2.24, 2.45) is 0 Å². The zero-order valence-corrected chi connectivity index (χ0v) is 15.3. The number of aromatic nitrogens is 2. The number of para-hydroxylation sites is 1. The number of nitrogens with zero attached hydrogens (tertiary/aromatic N) is 2. The second-order valence-corrected chi connectivity index (χ2v) is 7.14. The maximum atomic E-state index is 12.9. The number of benzene rings is 2. The molecule has 1 aliphatic rings. The fourth-order valence-electron chi connectivity index (χ4n) is 3.86. The van der Waals surface area contributed by atoms with Crippen LogP contribution < -0.4 is 10.5 Å². The first-order valence-corrected chi connectivity index (χ1v) is 9.42. The number of carbonyl (C=O) groups is 1. The Morgan fingerprint density at radius 2 is 1.57 bits per heavy atom. The Hall–Kier alpha value is -3.54. The molecule has 1 amide bonds. The van der Waals surface area contributed by atoms with E-state index >= 15 is 0 Å². The van der Waals surface area contributed by atoms with Gasteiger partial charge < -0.3 is 19.8 Å². The molecule has 28 heavy (non-hydrogen) atoms. The topological polar surface area (TPSA) is 72.2 Å². The molecule has 0 saturated carbocycles. The van der Waals surface area contributed by atoms with Gasteiger partial charge in [-0.05, 0) is 35.7 Å². The van der Waals surface area contributed by atoms with Crippen LogP contribution in [0, 0.1) is 0 Å². The highest BCUT2D eigenvalue weighted by Crippen LogP contribution is 2.22. The van der Waals surface area contributed by atoms with Crippen LogP contribution in [0.2, 0.25) is 0 Å². The molecule has 2 aromatic carbocycles. The molecule has 1 aliphatic heterocycles. The van der Waals surface area contributed by atoms with Crippen LogP contribution >= 0.6 is 0 Å². The fourth-order valence-corrected chi connectivity index (χ4v) is 3.86. The number of piperazine rings is 1. The molecule has 140 valence electrons. The number of fused-ring (bicyclic) bond motifs is 2. The van der Waals surface area contributed by atoms with E-state index in [1.54, 1.807) is 0 Å². The molecule has 0 radical (unpaired) electrons. The first-order chi connectivity index (χ1) is 13.7. The van der Waals surface area contributed by atoms with Crippen molar-refractivity contribution in [3.63, 3.8) is 0 Å². The van der Waals surface area contributed by atoms with E-state index in [0.717, 1.165) is 40.6 Å². The van der Waals surface area contributed by atoms with Gasteiger partial charge in [-0.15, -0.1) is 0 Å². The molecule has 2 aromatic heterocycles. The maximum Gasteiger partial charge on any atom is 0.270 e. The van der Waals surface area contributed by atoms with Gasteiger partial charge in [0.1, 0.15) is 5.69 Å². The number of amides is 1. The van der Waals surface area contributed by atoms with E-state index < -0.39 is 0 Å². The lowest BCUT2D eigenvalue weighted by Crippen LogP contribution is -2.48. The minimum Gasteiger partial charge on any atom is -0.368 e. The molecule has 0 bridgehead atoms. The van der Waals surface area contributed by atoms with Crippen molar-refractivity contribution in [3.05, 3.63) is 76.7 Å². The summed E-state index contributed by atoms with van der Waals surface area (Å²) in [6, 6.07) is 19.3. The lowest BCUT2D eigenvalue weighted by molar-refractivity contribution is 0.0742. The summed E-state index contributed by atoms with van der Waals surface area (Å²) >= 11 is 0. The molecule has 0 spiro atoms. The van der Waals surface area contributed by atoms with E-state index in [4.69, 9.17) is 0 Å². The van der Waals surface area contributed by atoms with Crippen molar-refractivity contribution < 1.29 is 4.79 Å². The Morgan fingerprint density at radius 3 is 2.39 bits per heavy atom. The van der Waals surface area contributed by atoms with Crippen molar-refractivity contribution >= 4 is 33.4 Å². The molecular formula is C22H20N4O2. The van der Waals surface area contributed by atoms with Crippen LogP contribution in [-0.4, -0.2) is 47.0 Å². The van der Waals surface area contributed by atoms with Crippen molar-refractivity contribution in [1.82, 2.24) is 14.9 Å². The average molecular weight is 372 g/mol. The van der Waals surface area contributed by atoms with Gasteiger partial charge in [0.05, 0.1) is 5.52 Å². The third-order valence-electron chi connectivity index (χ3n) is 5.40. The quantitative estimate of drug-likeness (QED) is 0.568. The third kappa shape index (κ3) is 2.93. The number of H-pyrrole nitrogens is 2. The van der Waals surface area contributed by atoms with E-state index in [9.17, 15) is 9.59 Å². The minimum absolute atomic E-state index is 0.0405. The summed E-state index contributed by atoms with van der Waals surface area (Å²) in [5.74, 6) is 0.0405. The number of hydrogen-bond acceptors (Lipinski definition) is 3. The van der Waals surface area contributed by atoms with E-state index in [1.165, 1.54) is 6.07 Å². The number of hydrogen-bond donors (Lipinski definition) is 2. The zero-order valence-electron chi connectivity index (χ0n) is 15.3. The highest BCUT2D eigenvalue weighted by Gasteiger charge is 2.23. The molecule has 5 rings (SSSR count). The molecule has 0 atom stereocenters. The molecule has 3 heterocycles. The lowest BCUT2D eigenvalue weighted by Gasteiger charge is -2.36.